The molecule has 0 amide bonds. The summed E-state index contributed by atoms with van der Waals surface area (Å²) in [5.41, 5.74) is 1.59. The van der Waals surface area contributed by atoms with Crippen LogP contribution in [0, 0.1) is 11.3 Å². The van der Waals surface area contributed by atoms with E-state index in [-0.39, 0.29) is 12.2 Å². The van der Waals surface area contributed by atoms with Crippen LogP contribution in [0.2, 0.25) is 0 Å². The summed E-state index contributed by atoms with van der Waals surface area (Å²) >= 11 is 3.35. The normalized spacial score (nSPS) is 9.88. The molecule has 0 aliphatic carbocycles. The zero-order valence-electron chi connectivity index (χ0n) is 8.67. The minimum Gasteiger partial charge on any atom is -0.296 e. The third kappa shape index (κ3) is 2.24. The molecule has 2 aromatic rings. The van der Waals surface area contributed by atoms with E-state index in [9.17, 15) is 4.79 Å². The Bertz CT molecular complexity index is 600. The Hall–Kier alpha value is -2.00. The monoisotopic (exact) mass is 290 g/mol. The number of carbonyl (C=O) groups is 1. The van der Waals surface area contributed by atoms with Crippen molar-refractivity contribution in [2.75, 3.05) is 0 Å². The summed E-state index contributed by atoms with van der Waals surface area (Å²) in [7, 11) is 0. The molecule has 0 saturated heterocycles. The first-order valence-electron chi connectivity index (χ1n) is 4.78. The minimum atomic E-state index is 0.0582. The summed E-state index contributed by atoms with van der Waals surface area (Å²) in [6, 6.07) is 9.39. The van der Waals surface area contributed by atoms with Gasteiger partial charge in [-0.1, -0.05) is 33.3 Å². The smallest absolute Gasteiger partial charge is 0.172 e. The number of carbonyl (C=O) groups excluding carboxylic acids is 1. The summed E-state index contributed by atoms with van der Waals surface area (Å²) in [5, 5.41) is 16.2. The summed E-state index contributed by atoms with van der Waals surface area (Å²) in [4.78, 5) is 10.9. The Balaban J connectivity index is 2.60. The number of hydrogen-bond acceptors (Lipinski definition) is 4. The van der Waals surface area contributed by atoms with Crippen molar-refractivity contribution in [1.82, 2.24) is 15.0 Å². The van der Waals surface area contributed by atoms with Crippen molar-refractivity contribution in [3.63, 3.8) is 0 Å². The first-order valence-corrected chi connectivity index (χ1v) is 5.57. The molecule has 1 aromatic heterocycles. The number of hydrogen-bond donors (Lipinski definition) is 0. The fourth-order valence-electron chi connectivity index (χ4n) is 1.52. The van der Waals surface area contributed by atoms with E-state index in [2.05, 4.69) is 26.2 Å². The molecule has 2 rings (SSSR count). The Morgan fingerprint density at radius 3 is 3.00 bits per heavy atom. The number of benzene rings is 1. The maximum absolute atomic E-state index is 10.9. The van der Waals surface area contributed by atoms with Crippen LogP contribution >= 0.6 is 15.9 Å². The molecule has 0 saturated carbocycles. The molecule has 0 N–H and O–H groups in total. The van der Waals surface area contributed by atoms with Gasteiger partial charge in [0.15, 0.2) is 12.0 Å². The molecule has 84 valence electrons. The van der Waals surface area contributed by atoms with Gasteiger partial charge in [0, 0.05) is 10.0 Å². The van der Waals surface area contributed by atoms with Crippen LogP contribution in [0.1, 0.15) is 10.5 Å². The second kappa shape index (κ2) is 4.89. The average molecular weight is 291 g/mol. The summed E-state index contributed by atoms with van der Waals surface area (Å²) in [5.74, 6) is 0. The number of nitrogens with zero attached hydrogens (tertiary/aromatic N) is 4. The Morgan fingerprint density at radius 2 is 2.35 bits per heavy atom. The Morgan fingerprint density at radius 1 is 1.53 bits per heavy atom. The fraction of sp³-hybridized carbons (Fsp3) is 0.0909. The van der Waals surface area contributed by atoms with Crippen LogP contribution < -0.4 is 0 Å². The molecule has 0 aliphatic heterocycles. The zero-order valence-corrected chi connectivity index (χ0v) is 10.3. The second-order valence-corrected chi connectivity index (χ2v) is 4.18. The zero-order chi connectivity index (χ0) is 12.3. The van der Waals surface area contributed by atoms with Crippen LogP contribution in [-0.4, -0.2) is 21.3 Å². The molecule has 0 aliphatic rings. The minimum absolute atomic E-state index is 0.0582. The highest BCUT2D eigenvalue weighted by molar-refractivity contribution is 9.10. The van der Waals surface area contributed by atoms with Gasteiger partial charge in [-0.2, -0.15) is 5.26 Å². The molecule has 0 atom stereocenters. The van der Waals surface area contributed by atoms with Crippen LogP contribution in [0.3, 0.4) is 0 Å². The number of nitriles is 1. The first kappa shape index (κ1) is 11.5. The van der Waals surface area contributed by atoms with E-state index in [1.165, 1.54) is 4.68 Å². The van der Waals surface area contributed by atoms with E-state index in [0.29, 0.717) is 12.0 Å². The molecule has 0 unspecified atom stereocenters. The molecule has 1 aromatic carbocycles. The van der Waals surface area contributed by atoms with Crippen LogP contribution in [0.4, 0.5) is 0 Å². The predicted octanol–water partition coefficient (Wildman–Crippen LogP) is 2.04. The summed E-state index contributed by atoms with van der Waals surface area (Å²) in [6.45, 7) is 0.0582. The molecule has 0 fully saturated rings. The first-order chi connectivity index (χ1) is 8.26. The summed E-state index contributed by atoms with van der Waals surface area (Å²) in [6.07, 6.45) is 0.636. The maximum Gasteiger partial charge on any atom is 0.172 e. The van der Waals surface area contributed by atoms with Crippen molar-refractivity contribution >= 4 is 22.2 Å². The highest BCUT2D eigenvalue weighted by atomic mass is 79.9. The van der Waals surface area contributed by atoms with Crippen LogP contribution in [0.5, 0.6) is 0 Å². The number of halogens is 1. The lowest BCUT2D eigenvalue weighted by molar-refractivity contribution is 0.111. The van der Waals surface area contributed by atoms with E-state index < -0.39 is 0 Å². The third-order valence-electron chi connectivity index (χ3n) is 2.19. The molecular formula is C11H7BrN4O. The van der Waals surface area contributed by atoms with Gasteiger partial charge < -0.3 is 0 Å². The third-order valence-corrected chi connectivity index (χ3v) is 2.68. The van der Waals surface area contributed by atoms with Gasteiger partial charge in [0.25, 0.3) is 0 Å². The van der Waals surface area contributed by atoms with E-state index in [1.807, 2.05) is 30.3 Å². The van der Waals surface area contributed by atoms with E-state index in [0.717, 1.165) is 10.0 Å². The Kier molecular flexibility index (Phi) is 3.30. The molecule has 0 spiro atoms. The van der Waals surface area contributed by atoms with Gasteiger partial charge in [-0.05, 0) is 12.1 Å². The predicted molar refractivity (Wildman–Crippen MR) is 64.2 cm³/mol. The van der Waals surface area contributed by atoms with Crippen molar-refractivity contribution in [3.8, 4) is 17.3 Å². The van der Waals surface area contributed by atoms with Gasteiger partial charge in [-0.3, -0.25) is 4.79 Å². The van der Waals surface area contributed by atoms with Crippen molar-refractivity contribution in [2.24, 2.45) is 0 Å². The number of rotatable bonds is 3. The van der Waals surface area contributed by atoms with Gasteiger partial charge in [0.1, 0.15) is 12.2 Å². The van der Waals surface area contributed by atoms with Gasteiger partial charge in [0.05, 0.1) is 6.07 Å². The van der Waals surface area contributed by atoms with Crippen molar-refractivity contribution < 1.29 is 4.79 Å². The Labute approximate surface area is 106 Å². The lowest BCUT2D eigenvalue weighted by Gasteiger charge is -2.03. The highest BCUT2D eigenvalue weighted by Crippen LogP contribution is 2.24. The fourth-order valence-corrected chi connectivity index (χ4v) is 1.92. The maximum atomic E-state index is 10.9. The SMILES string of the molecule is N#CCn1nnc(C=O)c1-c1cccc(Br)c1. The van der Waals surface area contributed by atoms with Crippen molar-refractivity contribution in [2.45, 2.75) is 6.54 Å². The van der Waals surface area contributed by atoms with E-state index >= 15 is 0 Å². The van der Waals surface area contributed by atoms with E-state index in [1.54, 1.807) is 0 Å². The van der Waals surface area contributed by atoms with Crippen molar-refractivity contribution in [1.29, 1.82) is 5.26 Å². The number of aldehydes is 1. The van der Waals surface area contributed by atoms with Gasteiger partial charge in [0.2, 0.25) is 0 Å². The largest absolute Gasteiger partial charge is 0.296 e. The van der Waals surface area contributed by atoms with Gasteiger partial charge >= 0.3 is 0 Å². The quantitative estimate of drug-likeness (QED) is 0.811. The van der Waals surface area contributed by atoms with Crippen LogP contribution in [0.15, 0.2) is 28.7 Å². The molecule has 6 heteroatoms. The molecule has 5 nitrogen and oxygen atoms in total. The van der Waals surface area contributed by atoms with Crippen LogP contribution in [-0.2, 0) is 6.54 Å². The standard InChI is InChI=1S/C11H7BrN4O/c12-9-3-1-2-8(6-9)11-10(7-17)14-15-16(11)5-4-13/h1-3,6-7H,5H2. The van der Waals surface area contributed by atoms with E-state index in [4.69, 9.17) is 5.26 Å². The lowest BCUT2D eigenvalue weighted by Crippen LogP contribution is -2.01. The highest BCUT2D eigenvalue weighted by Gasteiger charge is 2.14. The molecule has 0 bridgehead atoms. The number of aromatic nitrogens is 3. The van der Waals surface area contributed by atoms with Crippen molar-refractivity contribution in [3.05, 3.63) is 34.4 Å². The topological polar surface area (TPSA) is 71.6 Å². The second-order valence-electron chi connectivity index (χ2n) is 3.27. The lowest BCUT2D eigenvalue weighted by atomic mass is 10.1. The molecule has 1 heterocycles. The summed E-state index contributed by atoms with van der Waals surface area (Å²) < 4.78 is 2.29. The average Bonchev–Trinajstić information content (AvgIpc) is 2.72. The molecule has 0 radical (unpaired) electrons. The van der Waals surface area contributed by atoms with Gasteiger partial charge in [-0.25, -0.2) is 4.68 Å². The molecular weight excluding hydrogens is 284 g/mol. The molecule has 17 heavy (non-hydrogen) atoms. The van der Waals surface area contributed by atoms with Crippen LogP contribution in [0.25, 0.3) is 11.3 Å². The van der Waals surface area contributed by atoms with Gasteiger partial charge in [-0.15, -0.1) is 5.10 Å².